The number of hydrogen-bond donors (Lipinski definition) is 2. The lowest BCUT2D eigenvalue weighted by Crippen LogP contribution is -1.85. The molecule has 0 aromatic heterocycles. The van der Waals surface area contributed by atoms with E-state index in [2.05, 4.69) is 13.8 Å². The van der Waals surface area contributed by atoms with Crippen LogP contribution in [0.2, 0.25) is 0 Å². The van der Waals surface area contributed by atoms with Gasteiger partial charge in [0, 0.05) is 0 Å². The van der Waals surface area contributed by atoms with Gasteiger partial charge in [-0.1, -0.05) is 71.6 Å². The van der Waals surface area contributed by atoms with Crippen LogP contribution in [0.3, 0.4) is 0 Å². The standard InChI is InChI=1S/C11H24.C2H6O2/c1-3-5-7-9-11-10-8-6-4-2;3-1-2-4/h3-11H2,1-2H3;3-4H,1-2H2. The quantitative estimate of drug-likeness (QED) is 0.581. The van der Waals surface area contributed by atoms with Crippen LogP contribution in [-0.4, -0.2) is 23.4 Å². The maximum absolute atomic E-state index is 7.62. The number of rotatable bonds is 9. The van der Waals surface area contributed by atoms with E-state index in [1.54, 1.807) is 0 Å². The zero-order chi connectivity index (χ0) is 11.8. The SMILES string of the molecule is CCCCCCCCCCC.OCCO. The lowest BCUT2D eigenvalue weighted by molar-refractivity contribution is 0.186. The molecule has 0 aliphatic rings. The Morgan fingerprint density at radius 2 is 0.800 bits per heavy atom. The second-order valence-corrected chi connectivity index (χ2v) is 3.92. The Bertz CT molecular complexity index is 74.6. The smallest absolute Gasteiger partial charge is 0.0662 e. The maximum atomic E-state index is 7.62. The first-order chi connectivity index (χ1) is 7.33. The maximum Gasteiger partial charge on any atom is 0.0662 e. The highest BCUT2D eigenvalue weighted by Gasteiger charge is 1.88. The molecule has 0 saturated carbocycles. The zero-order valence-electron chi connectivity index (χ0n) is 10.7. The van der Waals surface area contributed by atoms with Crippen molar-refractivity contribution in [2.24, 2.45) is 0 Å². The molecule has 2 N–H and O–H groups in total. The molecule has 0 spiro atoms. The summed E-state index contributed by atoms with van der Waals surface area (Å²) >= 11 is 0. The number of hydrogen-bond acceptors (Lipinski definition) is 2. The fourth-order valence-electron chi connectivity index (χ4n) is 1.38. The van der Waals surface area contributed by atoms with Gasteiger partial charge in [-0.2, -0.15) is 0 Å². The van der Waals surface area contributed by atoms with Gasteiger partial charge in [-0.3, -0.25) is 0 Å². The number of aliphatic hydroxyl groups excluding tert-OH is 2. The normalized spacial score (nSPS) is 9.60. The molecule has 0 aromatic carbocycles. The Balaban J connectivity index is 0. The van der Waals surface area contributed by atoms with E-state index in [1.165, 1.54) is 57.8 Å². The Morgan fingerprint density at radius 3 is 1.00 bits per heavy atom. The molecular formula is C13H30O2. The van der Waals surface area contributed by atoms with Crippen LogP contribution in [0.1, 0.15) is 71.6 Å². The predicted molar refractivity (Wildman–Crippen MR) is 67.1 cm³/mol. The van der Waals surface area contributed by atoms with Gasteiger partial charge in [-0.05, 0) is 0 Å². The third-order valence-corrected chi connectivity index (χ3v) is 2.31. The molecule has 0 amide bonds. The summed E-state index contributed by atoms with van der Waals surface area (Å²) in [6.07, 6.45) is 13.0. The molecule has 0 heterocycles. The second-order valence-electron chi connectivity index (χ2n) is 3.92. The average molecular weight is 218 g/mol. The Kier molecular flexibility index (Phi) is 22.5. The van der Waals surface area contributed by atoms with E-state index in [4.69, 9.17) is 10.2 Å². The van der Waals surface area contributed by atoms with E-state index >= 15 is 0 Å². The van der Waals surface area contributed by atoms with Gasteiger partial charge in [0.05, 0.1) is 13.2 Å². The van der Waals surface area contributed by atoms with Crippen LogP contribution in [0, 0.1) is 0 Å². The van der Waals surface area contributed by atoms with Crippen LogP contribution >= 0.6 is 0 Å². The molecule has 0 aromatic rings. The van der Waals surface area contributed by atoms with Crippen LogP contribution in [0.25, 0.3) is 0 Å². The largest absolute Gasteiger partial charge is 0.394 e. The van der Waals surface area contributed by atoms with Crippen molar-refractivity contribution in [2.45, 2.75) is 71.6 Å². The van der Waals surface area contributed by atoms with Crippen molar-refractivity contribution in [3.8, 4) is 0 Å². The Hall–Kier alpha value is -0.0800. The van der Waals surface area contributed by atoms with Crippen molar-refractivity contribution < 1.29 is 10.2 Å². The monoisotopic (exact) mass is 218 g/mol. The molecule has 2 heteroatoms. The van der Waals surface area contributed by atoms with Crippen LogP contribution in [0.5, 0.6) is 0 Å². The third-order valence-electron chi connectivity index (χ3n) is 2.31. The average Bonchev–Trinajstić information content (AvgIpc) is 2.28. The summed E-state index contributed by atoms with van der Waals surface area (Å²) in [6.45, 7) is 4.30. The van der Waals surface area contributed by atoms with E-state index in [1.807, 2.05) is 0 Å². The molecule has 0 radical (unpaired) electrons. The summed E-state index contributed by atoms with van der Waals surface area (Å²) in [4.78, 5) is 0. The molecule has 0 fully saturated rings. The summed E-state index contributed by atoms with van der Waals surface area (Å²) in [5.41, 5.74) is 0. The first-order valence-corrected chi connectivity index (χ1v) is 6.55. The van der Waals surface area contributed by atoms with Crippen molar-refractivity contribution in [2.75, 3.05) is 13.2 Å². The van der Waals surface area contributed by atoms with E-state index in [9.17, 15) is 0 Å². The van der Waals surface area contributed by atoms with Crippen molar-refractivity contribution in [1.29, 1.82) is 0 Å². The molecule has 0 aliphatic carbocycles. The molecule has 2 nitrogen and oxygen atoms in total. The van der Waals surface area contributed by atoms with Gasteiger partial charge in [0.1, 0.15) is 0 Å². The Labute approximate surface area is 95.7 Å². The lowest BCUT2D eigenvalue weighted by atomic mass is 10.1. The van der Waals surface area contributed by atoms with Crippen molar-refractivity contribution in [1.82, 2.24) is 0 Å². The summed E-state index contributed by atoms with van der Waals surface area (Å²) in [5, 5.41) is 15.2. The minimum Gasteiger partial charge on any atom is -0.394 e. The van der Waals surface area contributed by atoms with Gasteiger partial charge in [0.15, 0.2) is 0 Å². The highest BCUT2D eigenvalue weighted by molar-refractivity contribution is 4.44. The van der Waals surface area contributed by atoms with E-state index in [-0.39, 0.29) is 13.2 Å². The lowest BCUT2D eigenvalue weighted by Gasteiger charge is -1.98. The van der Waals surface area contributed by atoms with E-state index in [0.29, 0.717) is 0 Å². The van der Waals surface area contributed by atoms with Gasteiger partial charge in [0.2, 0.25) is 0 Å². The fraction of sp³-hybridized carbons (Fsp3) is 1.00. The minimum atomic E-state index is -0.125. The number of unbranched alkanes of at least 4 members (excludes halogenated alkanes) is 8. The van der Waals surface area contributed by atoms with Crippen LogP contribution in [0.15, 0.2) is 0 Å². The molecule has 15 heavy (non-hydrogen) atoms. The van der Waals surface area contributed by atoms with Gasteiger partial charge in [0.25, 0.3) is 0 Å². The van der Waals surface area contributed by atoms with Crippen LogP contribution in [0.4, 0.5) is 0 Å². The van der Waals surface area contributed by atoms with E-state index < -0.39 is 0 Å². The topological polar surface area (TPSA) is 40.5 Å². The van der Waals surface area contributed by atoms with Crippen LogP contribution < -0.4 is 0 Å². The molecule has 0 aliphatic heterocycles. The fourth-order valence-corrected chi connectivity index (χ4v) is 1.38. The van der Waals surface area contributed by atoms with Crippen molar-refractivity contribution in [3.63, 3.8) is 0 Å². The summed E-state index contributed by atoms with van der Waals surface area (Å²) < 4.78 is 0. The summed E-state index contributed by atoms with van der Waals surface area (Å²) in [5.74, 6) is 0. The van der Waals surface area contributed by atoms with Crippen molar-refractivity contribution in [3.05, 3.63) is 0 Å². The number of aliphatic hydroxyl groups is 2. The van der Waals surface area contributed by atoms with Gasteiger partial charge < -0.3 is 10.2 Å². The molecule has 94 valence electrons. The third kappa shape index (κ3) is 24.9. The van der Waals surface area contributed by atoms with Crippen molar-refractivity contribution >= 4 is 0 Å². The van der Waals surface area contributed by atoms with Gasteiger partial charge >= 0.3 is 0 Å². The molecule has 0 saturated heterocycles. The predicted octanol–water partition coefficient (Wildman–Crippen LogP) is 3.51. The molecule has 0 rings (SSSR count). The van der Waals surface area contributed by atoms with Gasteiger partial charge in [-0.15, -0.1) is 0 Å². The molecular weight excluding hydrogens is 188 g/mol. The van der Waals surface area contributed by atoms with Crippen LogP contribution in [-0.2, 0) is 0 Å². The molecule has 0 atom stereocenters. The minimum absolute atomic E-state index is 0.125. The van der Waals surface area contributed by atoms with Gasteiger partial charge in [-0.25, -0.2) is 0 Å². The zero-order valence-corrected chi connectivity index (χ0v) is 10.7. The summed E-state index contributed by atoms with van der Waals surface area (Å²) in [7, 11) is 0. The molecule has 0 unspecified atom stereocenters. The Morgan fingerprint density at radius 1 is 0.533 bits per heavy atom. The highest BCUT2D eigenvalue weighted by atomic mass is 16.3. The molecule has 0 bridgehead atoms. The second kappa shape index (κ2) is 19.5. The first kappa shape index (κ1) is 17.3. The van der Waals surface area contributed by atoms with E-state index in [0.717, 1.165) is 0 Å². The summed E-state index contributed by atoms with van der Waals surface area (Å²) in [6, 6.07) is 0. The first-order valence-electron chi connectivity index (χ1n) is 6.55. The highest BCUT2D eigenvalue weighted by Crippen LogP contribution is 2.08.